The first-order valence-corrected chi connectivity index (χ1v) is 11.7. The van der Waals surface area contributed by atoms with Crippen LogP contribution in [-0.4, -0.2) is 26.8 Å². The monoisotopic (exact) mass is 469 g/mol. The predicted molar refractivity (Wildman–Crippen MR) is 138 cm³/mol. The number of thiocarbonyl (C=S) groups is 1. The SMILES string of the molecule is COc1ccc(N2C(=S)N[C@@H](c3ccccn3)[C@@H]2c2cc(C)n(Cc3ccncc3)c2C)cc1. The van der Waals surface area contributed by atoms with Crippen molar-refractivity contribution in [1.82, 2.24) is 19.9 Å². The molecule has 1 aliphatic heterocycles. The molecule has 0 bridgehead atoms. The molecular weight excluding hydrogens is 442 g/mol. The molecule has 3 aromatic heterocycles. The van der Waals surface area contributed by atoms with E-state index in [2.05, 4.69) is 75.0 Å². The molecule has 1 N–H and O–H groups in total. The second-order valence-corrected chi connectivity index (χ2v) is 8.85. The van der Waals surface area contributed by atoms with Gasteiger partial charge < -0.3 is 19.5 Å². The predicted octanol–water partition coefficient (Wildman–Crippen LogP) is 5.13. The molecule has 4 aromatic rings. The summed E-state index contributed by atoms with van der Waals surface area (Å²) in [4.78, 5) is 11.0. The number of rotatable bonds is 6. The zero-order valence-corrected chi connectivity index (χ0v) is 20.3. The minimum absolute atomic E-state index is 0.0480. The fourth-order valence-corrected chi connectivity index (χ4v) is 5.08. The Kier molecular flexibility index (Phi) is 6.02. The number of hydrogen-bond acceptors (Lipinski definition) is 4. The number of pyridine rings is 2. The van der Waals surface area contributed by atoms with E-state index in [1.165, 1.54) is 22.5 Å². The Morgan fingerprint density at radius 2 is 1.76 bits per heavy atom. The molecule has 7 heteroatoms. The van der Waals surface area contributed by atoms with Crippen molar-refractivity contribution >= 4 is 23.0 Å². The van der Waals surface area contributed by atoms with Crippen molar-refractivity contribution in [2.24, 2.45) is 0 Å². The van der Waals surface area contributed by atoms with E-state index in [9.17, 15) is 0 Å². The molecule has 1 aromatic carbocycles. The second-order valence-electron chi connectivity index (χ2n) is 8.46. The van der Waals surface area contributed by atoms with E-state index in [1.54, 1.807) is 7.11 Å². The molecule has 6 nitrogen and oxygen atoms in total. The standard InChI is InChI=1S/C27H27N5OS/c1-18-16-23(19(2)31(18)17-20-11-14-28-15-12-20)26-25(24-6-4-5-13-29-24)30-27(34)32(26)21-7-9-22(33-3)10-8-21/h4-16,25-26H,17H2,1-3H3,(H,30,34)/t25-,26-/m0/s1. The molecule has 4 heterocycles. The van der Waals surface area contributed by atoms with Crippen LogP contribution in [0.5, 0.6) is 5.75 Å². The van der Waals surface area contributed by atoms with Gasteiger partial charge in [0.2, 0.25) is 0 Å². The molecule has 172 valence electrons. The third-order valence-electron chi connectivity index (χ3n) is 6.47. The van der Waals surface area contributed by atoms with Crippen molar-refractivity contribution in [2.75, 3.05) is 12.0 Å². The first kappa shape index (κ1) is 22.1. The van der Waals surface area contributed by atoms with Crippen LogP contribution in [0.25, 0.3) is 0 Å². The maximum atomic E-state index is 5.87. The highest BCUT2D eigenvalue weighted by Crippen LogP contribution is 2.43. The van der Waals surface area contributed by atoms with Gasteiger partial charge >= 0.3 is 0 Å². The summed E-state index contributed by atoms with van der Waals surface area (Å²) < 4.78 is 7.73. The molecule has 5 rings (SSSR count). The van der Waals surface area contributed by atoms with Crippen molar-refractivity contribution in [3.8, 4) is 5.75 Å². The van der Waals surface area contributed by atoms with Crippen LogP contribution in [0.3, 0.4) is 0 Å². The molecule has 0 aliphatic carbocycles. The van der Waals surface area contributed by atoms with Gasteiger partial charge in [-0.1, -0.05) is 6.07 Å². The quantitative estimate of drug-likeness (QED) is 0.395. The molecule has 0 spiro atoms. The van der Waals surface area contributed by atoms with E-state index in [0.717, 1.165) is 23.7 Å². The van der Waals surface area contributed by atoms with Crippen LogP contribution in [0.2, 0.25) is 0 Å². The molecule has 34 heavy (non-hydrogen) atoms. The largest absolute Gasteiger partial charge is 0.497 e. The van der Waals surface area contributed by atoms with Gasteiger partial charge in [0.1, 0.15) is 5.75 Å². The Hall–Kier alpha value is -3.71. The smallest absolute Gasteiger partial charge is 0.174 e. The van der Waals surface area contributed by atoms with Gasteiger partial charge in [0.25, 0.3) is 0 Å². The molecule has 0 amide bonds. The summed E-state index contributed by atoms with van der Waals surface area (Å²) in [5.74, 6) is 0.815. The second kappa shape index (κ2) is 9.27. The lowest BCUT2D eigenvalue weighted by atomic mass is 9.96. The van der Waals surface area contributed by atoms with E-state index in [4.69, 9.17) is 17.0 Å². The summed E-state index contributed by atoms with van der Waals surface area (Å²) in [6.45, 7) is 5.14. The van der Waals surface area contributed by atoms with E-state index in [-0.39, 0.29) is 12.1 Å². The van der Waals surface area contributed by atoms with Crippen LogP contribution >= 0.6 is 12.2 Å². The maximum Gasteiger partial charge on any atom is 0.174 e. The summed E-state index contributed by atoms with van der Waals surface area (Å²) in [5.41, 5.74) is 6.84. The Labute approximate surface area is 205 Å². The molecule has 1 fully saturated rings. The number of aryl methyl sites for hydroxylation is 1. The lowest BCUT2D eigenvalue weighted by molar-refractivity contribution is 0.415. The lowest BCUT2D eigenvalue weighted by Crippen LogP contribution is -2.29. The Balaban J connectivity index is 1.61. The number of ether oxygens (including phenoxy) is 1. The summed E-state index contributed by atoms with van der Waals surface area (Å²) >= 11 is 5.87. The van der Waals surface area contributed by atoms with Crippen molar-refractivity contribution in [3.63, 3.8) is 0 Å². The van der Waals surface area contributed by atoms with Crippen LogP contribution in [0, 0.1) is 13.8 Å². The van der Waals surface area contributed by atoms with Crippen LogP contribution in [0.1, 0.15) is 40.3 Å². The van der Waals surface area contributed by atoms with Crippen molar-refractivity contribution in [1.29, 1.82) is 0 Å². The van der Waals surface area contributed by atoms with Crippen molar-refractivity contribution < 1.29 is 4.74 Å². The van der Waals surface area contributed by atoms with Crippen molar-refractivity contribution in [2.45, 2.75) is 32.5 Å². The molecular formula is C27H27N5OS. The van der Waals surface area contributed by atoms with Crippen LogP contribution in [-0.2, 0) is 6.54 Å². The third kappa shape index (κ3) is 4.03. The summed E-state index contributed by atoms with van der Waals surface area (Å²) in [5, 5.41) is 4.23. The normalized spacial score (nSPS) is 17.6. The minimum atomic E-state index is -0.0781. The highest BCUT2D eigenvalue weighted by Gasteiger charge is 2.42. The fourth-order valence-electron chi connectivity index (χ4n) is 4.73. The number of benzene rings is 1. The zero-order chi connectivity index (χ0) is 23.7. The molecule has 1 aliphatic rings. The van der Waals surface area contributed by atoms with Gasteiger partial charge in [-0.05, 0) is 91.8 Å². The first-order valence-electron chi connectivity index (χ1n) is 11.3. The summed E-state index contributed by atoms with van der Waals surface area (Å²) in [6.07, 6.45) is 5.51. The fraction of sp³-hybridized carbons (Fsp3) is 0.222. The van der Waals surface area contributed by atoms with Gasteiger partial charge in [0, 0.05) is 42.2 Å². The van der Waals surface area contributed by atoms with Gasteiger partial charge in [-0.2, -0.15) is 0 Å². The Morgan fingerprint density at radius 1 is 1.00 bits per heavy atom. The number of anilines is 1. The molecule has 0 unspecified atom stereocenters. The maximum absolute atomic E-state index is 5.87. The summed E-state index contributed by atoms with van der Waals surface area (Å²) in [7, 11) is 1.68. The average Bonchev–Trinajstić information content (AvgIpc) is 3.36. The van der Waals surface area contributed by atoms with Gasteiger partial charge in [-0.15, -0.1) is 0 Å². The highest BCUT2D eigenvalue weighted by molar-refractivity contribution is 7.80. The number of aromatic nitrogens is 3. The van der Waals surface area contributed by atoms with Crippen LogP contribution in [0.4, 0.5) is 5.69 Å². The lowest BCUT2D eigenvalue weighted by Gasteiger charge is -2.28. The number of nitrogens with zero attached hydrogens (tertiary/aromatic N) is 4. The van der Waals surface area contributed by atoms with Crippen LogP contribution in [0.15, 0.2) is 79.3 Å². The summed E-state index contributed by atoms with van der Waals surface area (Å²) in [6, 6.07) is 20.3. The van der Waals surface area contributed by atoms with Crippen molar-refractivity contribution in [3.05, 3.63) is 107 Å². The van der Waals surface area contributed by atoms with Gasteiger partial charge in [0.15, 0.2) is 5.11 Å². The Bertz CT molecular complexity index is 1290. The van der Waals surface area contributed by atoms with Gasteiger partial charge in [-0.3, -0.25) is 9.97 Å². The number of methoxy groups -OCH3 is 1. The first-order chi connectivity index (χ1) is 16.6. The minimum Gasteiger partial charge on any atom is -0.497 e. The third-order valence-corrected chi connectivity index (χ3v) is 6.78. The van der Waals surface area contributed by atoms with Crippen LogP contribution < -0.4 is 15.0 Å². The molecule has 2 atom stereocenters. The van der Waals surface area contributed by atoms with E-state index < -0.39 is 0 Å². The zero-order valence-electron chi connectivity index (χ0n) is 19.5. The van der Waals surface area contributed by atoms with E-state index >= 15 is 0 Å². The number of nitrogens with one attached hydrogen (secondary N) is 1. The molecule has 0 radical (unpaired) electrons. The van der Waals surface area contributed by atoms with Gasteiger partial charge in [0.05, 0.1) is 24.9 Å². The molecule has 1 saturated heterocycles. The highest BCUT2D eigenvalue weighted by atomic mass is 32.1. The van der Waals surface area contributed by atoms with E-state index in [1.807, 2.05) is 42.9 Å². The topological polar surface area (TPSA) is 55.2 Å². The molecule has 0 saturated carbocycles. The van der Waals surface area contributed by atoms with Gasteiger partial charge in [-0.25, -0.2) is 0 Å². The number of hydrogen-bond donors (Lipinski definition) is 1. The average molecular weight is 470 g/mol. The Morgan fingerprint density at radius 3 is 2.44 bits per heavy atom. The van der Waals surface area contributed by atoms with E-state index in [0.29, 0.717) is 5.11 Å².